The van der Waals surface area contributed by atoms with Crippen molar-refractivity contribution in [2.45, 2.75) is 0 Å². The molecule has 3 aromatic rings. The molecule has 0 amide bonds. The van der Waals surface area contributed by atoms with Crippen LogP contribution in [-0.4, -0.2) is 0 Å². The summed E-state index contributed by atoms with van der Waals surface area (Å²) < 4.78 is 1.01. The van der Waals surface area contributed by atoms with Crippen molar-refractivity contribution in [3.8, 4) is 22.3 Å². The van der Waals surface area contributed by atoms with Crippen molar-refractivity contribution in [2.24, 2.45) is 0 Å². The lowest BCUT2D eigenvalue weighted by Gasteiger charge is -2.12. The molecule has 0 bridgehead atoms. The number of hydrogen-bond acceptors (Lipinski definition) is 0. The summed E-state index contributed by atoms with van der Waals surface area (Å²) in [5.74, 6) is 0. The van der Waals surface area contributed by atoms with E-state index in [1.165, 1.54) is 0 Å². The van der Waals surface area contributed by atoms with E-state index in [4.69, 9.17) is 11.6 Å². The zero-order valence-electron chi connectivity index (χ0n) is 10.7. The molecule has 0 N–H and O–H groups in total. The van der Waals surface area contributed by atoms with E-state index in [0.29, 0.717) is 0 Å². The van der Waals surface area contributed by atoms with E-state index in [1.807, 2.05) is 42.5 Å². The molecule has 3 aromatic carbocycles. The lowest BCUT2D eigenvalue weighted by atomic mass is 9.99. The summed E-state index contributed by atoms with van der Waals surface area (Å²) in [4.78, 5) is 0. The first-order chi connectivity index (χ1) is 9.77. The third kappa shape index (κ3) is 2.52. The summed E-state index contributed by atoms with van der Waals surface area (Å²) in [5.41, 5.74) is 4.33. The maximum absolute atomic E-state index is 6.65. The molecule has 0 unspecified atom stereocenters. The van der Waals surface area contributed by atoms with Crippen molar-refractivity contribution < 1.29 is 0 Å². The minimum Gasteiger partial charge on any atom is -0.0829 e. The minimum absolute atomic E-state index is 0.775. The van der Waals surface area contributed by atoms with Crippen LogP contribution >= 0.6 is 27.5 Å². The van der Waals surface area contributed by atoms with Gasteiger partial charge >= 0.3 is 0 Å². The third-order valence-corrected chi connectivity index (χ3v) is 4.29. The molecule has 0 atom stereocenters. The summed E-state index contributed by atoms with van der Waals surface area (Å²) in [6.45, 7) is 0. The molecule has 0 aliphatic rings. The topological polar surface area (TPSA) is 0 Å². The molecular weight excluding hydrogens is 332 g/mol. The lowest BCUT2D eigenvalue weighted by Crippen LogP contribution is -1.86. The van der Waals surface area contributed by atoms with Gasteiger partial charge in [-0.05, 0) is 17.2 Å². The zero-order valence-corrected chi connectivity index (χ0v) is 13.0. The summed E-state index contributed by atoms with van der Waals surface area (Å²) in [7, 11) is 0. The quantitative estimate of drug-likeness (QED) is 0.502. The SMILES string of the molecule is Clc1c(-c2ccccc2)ccc(Br)c1-c1ccccc1. The van der Waals surface area contributed by atoms with Crippen molar-refractivity contribution in [2.75, 3.05) is 0 Å². The van der Waals surface area contributed by atoms with Gasteiger partial charge in [-0.25, -0.2) is 0 Å². The molecule has 0 fully saturated rings. The lowest BCUT2D eigenvalue weighted by molar-refractivity contribution is 1.56. The molecule has 2 heteroatoms. The van der Waals surface area contributed by atoms with Gasteiger partial charge in [0, 0.05) is 15.6 Å². The molecular formula is C18H12BrCl. The third-order valence-electron chi connectivity index (χ3n) is 3.24. The molecule has 20 heavy (non-hydrogen) atoms. The summed E-state index contributed by atoms with van der Waals surface area (Å²) in [6, 6.07) is 24.5. The molecule has 0 aromatic heterocycles. The molecule has 0 aliphatic carbocycles. The normalized spacial score (nSPS) is 10.5. The fourth-order valence-electron chi connectivity index (χ4n) is 2.26. The van der Waals surface area contributed by atoms with E-state index in [-0.39, 0.29) is 0 Å². The minimum atomic E-state index is 0.775. The van der Waals surface area contributed by atoms with Crippen LogP contribution in [0.25, 0.3) is 22.3 Å². The Morgan fingerprint density at radius 1 is 0.650 bits per heavy atom. The molecule has 3 rings (SSSR count). The van der Waals surface area contributed by atoms with Crippen molar-refractivity contribution in [3.05, 3.63) is 82.3 Å². The fraction of sp³-hybridized carbons (Fsp3) is 0. The van der Waals surface area contributed by atoms with Gasteiger partial charge in [-0.2, -0.15) is 0 Å². The smallest absolute Gasteiger partial charge is 0.0574 e. The van der Waals surface area contributed by atoms with Crippen molar-refractivity contribution >= 4 is 27.5 Å². The van der Waals surface area contributed by atoms with Gasteiger partial charge in [0.1, 0.15) is 0 Å². The molecule has 0 saturated heterocycles. The van der Waals surface area contributed by atoms with E-state index in [2.05, 4.69) is 46.3 Å². The Balaban J connectivity index is 2.22. The van der Waals surface area contributed by atoms with E-state index in [0.717, 1.165) is 31.7 Å². The average Bonchev–Trinajstić information content (AvgIpc) is 2.49. The van der Waals surface area contributed by atoms with Crippen LogP contribution in [0, 0.1) is 0 Å². The second-order valence-corrected chi connectivity index (χ2v) is 5.75. The highest BCUT2D eigenvalue weighted by molar-refractivity contribution is 9.10. The first-order valence-corrected chi connectivity index (χ1v) is 7.53. The first kappa shape index (κ1) is 13.4. The van der Waals surface area contributed by atoms with E-state index in [1.54, 1.807) is 0 Å². The maximum Gasteiger partial charge on any atom is 0.0574 e. The predicted octanol–water partition coefficient (Wildman–Crippen LogP) is 6.44. The van der Waals surface area contributed by atoms with E-state index in [9.17, 15) is 0 Å². The van der Waals surface area contributed by atoms with Crippen LogP contribution in [0.15, 0.2) is 77.3 Å². The summed E-state index contributed by atoms with van der Waals surface area (Å²) in [5, 5.41) is 0.775. The Kier molecular flexibility index (Phi) is 3.90. The van der Waals surface area contributed by atoms with Gasteiger partial charge in [-0.1, -0.05) is 94.3 Å². The number of rotatable bonds is 2. The van der Waals surface area contributed by atoms with Crippen LogP contribution in [-0.2, 0) is 0 Å². The van der Waals surface area contributed by atoms with Crippen LogP contribution in [0.1, 0.15) is 0 Å². The molecule has 0 radical (unpaired) electrons. The zero-order chi connectivity index (χ0) is 13.9. The van der Waals surface area contributed by atoms with Gasteiger partial charge in [-0.15, -0.1) is 0 Å². The van der Waals surface area contributed by atoms with Crippen LogP contribution in [0.3, 0.4) is 0 Å². The Morgan fingerprint density at radius 2 is 1.20 bits per heavy atom. The van der Waals surface area contributed by atoms with Crippen LogP contribution in [0.2, 0.25) is 5.02 Å². The highest BCUT2D eigenvalue weighted by atomic mass is 79.9. The van der Waals surface area contributed by atoms with Crippen molar-refractivity contribution in [1.82, 2.24) is 0 Å². The molecule has 0 heterocycles. The Morgan fingerprint density at radius 3 is 1.80 bits per heavy atom. The first-order valence-electron chi connectivity index (χ1n) is 6.36. The highest BCUT2D eigenvalue weighted by Crippen LogP contribution is 2.40. The van der Waals surface area contributed by atoms with Gasteiger partial charge in [0.2, 0.25) is 0 Å². The number of halogens is 2. The van der Waals surface area contributed by atoms with E-state index < -0.39 is 0 Å². The number of hydrogen-bond donors (Lipinski definition) is 0. The molecule has 0 aliphatic heterocycles. The van der Waals surface area contributed by atoms with Crippen molar-refractivity contribution in [1.29, 1.82) is 0 Å². The molecule has 98 valence electrons. The largest absolute Gasteiger partial charge is 0.0829 e. The second kappa shape index (κ2) is 5.82. The van der Waals surface area contributed by atoms with Crippen LogP contribution in [0.5, 0.6) is 0 Å². The van der Waals surface area contributed by atoms with Gasteiger partial charge in [0.05, 0.1) is 5.02 Å². The fourth-order valence-corrected chi connectivity index (χ4v) is 3.32. The molecule has 0 saturated carbocycles. The standard InChI is InChI=1S/C18H12BrCl/c19-16-12-11-15(13-7-3-1-4-8-13)18(20)17(16)14-9-5-2-6-10-14/h1-12H. The van der Waals surface area contributed by atoms with Crippen molar-refractivity contribution in [3.63, 3.8) is 0 Å². The average molecular weight is 344 g/mol. The van der Waals surface area contributed by atoms with Gasteiger partial charge in [0.15, 0.2) is 0 Å². The van der Waals surface area contributed by atoms with E-state index >= 15 is 0 Å². The maximum atomic E-state index is 6.65. The summed E-state index contributed by atoms with van der Waals surface area (Å²) in [6.07, 6.45) is 0. The monoisotopic (exact) mass is 342 g/mol. The molecule has 0 spiro atoms. The second-order valence-electron chi connectivity index (χ2n) is 4.52. The Hall–Kier alpha value is -1.57. The number of benzene rings is 3. The van der Waals surface area contributed by atoms with Gasteiger partial charge < -0.3 is 0 Å². The highest BCUT2D eigenvalue weighted by Gasteiger charge is 2.13. The van der Waals surface area contributed by atoms with Gasteiger partial charge in [-0.3, -0.25) is 0 Å². The van der Waals surface area contributed by atoms with Crippen LogP contribution in [0.4, 0.5) is 0 Å². The Bertz CT molecular complexity index is 721. The summed E-state index contributed by atoms with van der Waals surface area (Å²) >= 11 is 10.3. The van der Waals surface area contributed by atoms with Crippen LogP contribution < -0.4 is 0 Å². The van der Waals surface area contributed by atoms with Gasteiger partial charge in [0.25, 0.3) is 0 Å². The Labute approximate surface area is 132 Å². The predicted molar refractivity (Wildman–Crippen MR) is 90.0 cm³/mol. The molecule has 0 nitrogen and oxygen atoms in total.